The first-order chi connectivity index (χ1) is 11.0. The van der Waals surface area contributed by atoms with E-state index in [2.05, 4.69) is 65.5 Å². The Kier molecular flexibility index (Phi) is 5.76. The van der Waals surface area contributed by atoms with E-state index >= 15 is 0 Å². The van der Waals surface area contributed by atoms with Crippen molar-refractivity contribution in [2.45, 2.75) is 53.9 Å². The largest absolute Gasteiger partial charge is 0.253 e. The summed E-state index contributed by atoms with van der Waals surface area (Å²) in [4.78, 5) is 4.69. The van der Waals surface area contributed by atoms with Gasteiger partial charge in [-0.3, -0.25) is 4.98 Å². The summed E-state index contributed by atoms with van der Waals surface area (Å²) in [6, 6.07) is 8.97. The number of rotatable bonds is 6. The van der Waals surface area contributed by atoms with Crippen LogP contribution in [0.2, 0.25) is 0 Å². The molecule has 1 nitrogen and oxygen atoms in total. The Labute approximate surface area is 141 Å². The Balaban J connectivity index is 2.62. The predicted molar refractivity (Wildman–Crippen MR) is 103 cm³/mol. The molecule has 23 heavy (non-hydrogen) atoms. The van der Waals surface area contributed by atoms with Crippen molar-refractivity contribution in [2.24, 2.45) is 5.92 Å². The smallest absolute Gasteiger partial charge is 0.0708 e. The highest BCUT2D eigenvalue weighted by atomic mass is 14.7. The molecule has 0 spiro atoms. The van der Waals surface area contributed by atoms with Gasteiger partial charge in [0, 0.05) is 11.1 Å². The molecule has 122 valence electrons. The Morgan fingerprint density at radius 3 is 2.61 bits per heavy atom. The molecule has 1 aromatic heterocycles. The first-order valence-corrected chi connectivity index (χ1v) is 8.66. The minimum absolute atomic E-state index is 0.641. The van der Waals surface area contributed by atoms with Gasteiger partial charge in [0.15, 0.2) is 0 Å². The topological polar surface area (TPSA) is 12.9 Å². The van der Waals surface area contributed by atoms with Gasteiger partial charge >= 0.3 is 0 Å². The van der Waals surface area contributed by atoms with Crippen LogP contribution in [0.3, 0.4) is 0 Å². The van der Waals surface area contributed by atoms with Crippen LogP contribution in [0.5, 0.6) is 0 Å². The third-order valence-corrected chi connectivity index (χ3v) is 4.33. The number of aromatic nitrogens is 1. The van der Waals surface area contributed by atoms with Crippen LogP contribution < -0.4 is 0 Å². The van der Waals surface area contributed by atoms with E-state index in [1.807, 2.05) is 6.08 Å². The lowest BCUT2D eigenvalue weighted by Crippen LogP contribution is -1.97. The van der Waals surface area contributed by atoms with Gasteiger partial charge in [-0.15, -0.1) is 6.58 Å². The maximum Gasteiger partial charge on any atom is 0.0708 e. The molecule has 0 amide bonds. The number of aryl methyl sites for hydroxylation is 2. The number of hydrogen-bond donors (Lipinski definition) is 0. The summed E-state index contributed by atoms with van der Waals surface area (Å²) in [5.41, 5.74) is 7.82. The van der Waals surface area contributed by atoms with Gasteiger partial charge in [-0.05, 0) is 73.9 Å². The fraction of sp³-hybridized carbons (Fsp3) is 0.409. The van der Waals surface area contributed by atoms with Gasteiger partial charge in [0.1, 0.15) is 0 Å². The summed E-state index contributed by atoms with van der Waals surface area (Å²) in [5.74, 6) is 0.641. The van der Waals surface area contributed by atoms with E-state index < -0.39 is 0 Å². The molecule has 2 rings (SSSR count). The van der Waals surface area contributed by atoms with Gasteiger partial charge in [0.05, 0.1) is 5.52 Å². The standard InChI is InChI=1S/C22H29N/c1-7-9-16(5)20(12-15(3)4)19-10-11-22-21(14-19)18(8-2)13-17(6)23-22/h7,10-11,13-15H,1,8-9,12H2,2-6H3/b20-16+. The van der Waals surface area contributed by atoms with Gasteiger partial charge in [0.2, 0.25) is 0 Å². The molecule has 0 unspecified atom stereocenters. The molecule has 0 saturated carbocycles. The van der Waals surface area contributed by atoms with E-state index in [4.69, 9.17) is 4.98 Å². The quantitative estimate of drug-likeness (QED) is 0.555. The molecule has 0 aliphatic carbocycles. The van der Waals surface area contributed by atoms with Crippen LogP contribution in [0.4, 0.5) is 0 Å². The van der Waals surface area contributed by atoms with E-state index in [1.165, 1.54) is 27.7 Å². The van der Waals surface area contributed by atoms with Gasteiger partial charge in [-0.1, -0.05) is 38.5 Å². The molecule has 0 aliphatic rings. The maximum atomic E-state index is 4.69. The molecule has 0 aliphatic heterocycles. The Hall–Kier alpha value is -1.89. The first kappa shape index (κ1) is 17.5. The zero-order valence-electron chi connectivity index (χ0n) is 15.2. The van der Waals surface area contributed by atoms with Crippen LogP contribution >= 0.6 is 0 Å². The second kappa shape index (κ2) is 7.59. The summed E-state index contributed by atoms with van der Waals surface area (Å²) in [7, 11) is 0. The number of hydrogen-bond acceptors (Lipinski definition) is 1. The highest BCUT2D eigenvalue weighted by Gasteiger charge is 2.11. The first-order valence-electron chi connectivity index (χ1n) is 8.66. The van der Waals surface area contributed by atoms with Crippen molar-refractivity contribution < 1.29 is 0 Å². The molecule has 0 N–H and O–H groups in total. The lowest BCUT2D eigenvalue weighted by Gasteiger charge is -2.16. The van der Waals surface area contributed by atoms with Crippen LogP contribution in [0, 0.1) is 12.8 Å². The molecule has 0 bridgehead atoms. The fourth-order valence-corrected chi connectivity index (χ4v) is 3.21. The van der Waals surface area contributed by atoms with Crippen molar-refractivity contribution in [3.8, 4) is 0 Å². The fourth-order valence-electron chi connectivity index (χ4n) is 3.21. The van der Waals surface area contributed by atoms with Gasteiger partial charge in [-0.2, -0.15) is 0 Å². The molecule has 0 radical (unpaired) electrons. The lowest BCUT2D eigenvalue weighted by molar-refractivity contribution is 0.671. The second-order valence-electron chi connectivity index (χ2n) is 6.86. The van der Waals surface area contributed by atoms with Crippen LogP contribution in [0.15, 0.2) is 42.5 Å². The number of fused-ring (bicyclic) bond motifs is 1. The van der Waals surface area contributed by atoms with Crippen molar-refractivity contribution in [2.75, 3.05) is 0 Å². The third-order valence-electron chi connectivity index (χ3n) is 4.33. The van der Waals surface area contributed by atoms with Crippen LogP contribution in [-0.4, -0.2) is 4.98 Å². The van der Waals surface area contributed by atoms with E-state index in [-0.39, 0.29) is 0 Å². The Bertz CT molecular complexity index is 735. The zero-order valence-corrected chi connectivity index (χ0v) is 15.2. The minimum Gasteiger partial charge on any atom is -0.253 e. The van der Waals surface area contributed by atoms with Crippen molar-refractivity contribution >= 4 is 16.5 Å². The van der Waals surface area contributed by atoms with Gasteiger partial charge < -0.3 is 0 Å². The van der Waals surface area contributed by atoms with Crippen molar-refractivity contribution in [1.82, 2.24) is 4.98 Å². The SMILES string of the molecule is C=CC/C(C)=C(\CC(C)C)c1ccc2nc(C)cc(CC)c2c1. The lowest BCUT2D eigenvalue weighted by atomic mass is 9.90. The van der Waals surface area contributed by atoms with Crippen LogP contribution in [-0.2, 0) is 6.42 Å². The van der Waals surface area contributed by atoms with Gasteiger partial charge in [0.25, 0.3) is 0 Å². The van der Waals surface area contributed by atoms with Crippen LogP contribution in [0.25, 0.3) is 16.5 Å². The normalized spacial score (nSPS) is 12.6. The Morgan fingerprint density at radius 2 is 2.00 bits per heavy atom. The maximum absolute atomic E-state index is 4.69. The molecule has 2 aromatic rings. The molecule has 0 atom stereocenters. The average molecular weight is 307 g/mol. The molecule has 1 heterocycles. The number of allylic oxidation sites excluding steroid dienone is 3. The molecule has 1 aromatic carbocycles. The molecule has 1 heteroatoms. The van der Waals surface area contributed by atoms with E-state index in [0.29, 0.717) is 5.92 Å². The second-order valence-corrected chi connectivity index (χ2v) is 6.86. The zero-order chi connectivity index (χ0) is 17.0. The highest BCUT2D eigenvalue weighted by molar-refractivity contribution is 5.87. The molecular weight excluding hydrogens is 278 g/mol. The molecule has 0 fully saturated rings. The average Bonchev–Trinajstić information content (AvgIpc) is 2.51. The monoisotopic (exact) mass is 307 g/mol. The van der Waals surface area contributed by atoms with E-state index in [9.17, 15) is 0 Å². The van der Waals surface area contributed by atoms with E-state index in [1.54, 1.807) is 0 Å². The Morgan fingerprint density at radius 1 is 1.26 bits per heavy atom. The van der Waals surface area contributed by atoms with Gasteiger partial charge in [-0.25, -0.2) is 0 Å². The van der Waals surface area contributed by atoms with Crippen LogP contribution in [0.1, 0.15) is 57.4 Å². The summed E-state index contributed by atoms with van der Waals surface area (Å²) < 4.78 is 0. The van der Waals surface area contributed by atoms with Crippen molar-refractivity contribution in [1.29, 1.82) is 0 Å². The summed E-state index contributed by atoms with van der Waals surface area (Å²) >= 11 is 0. The number of benzene rings is 1. The number of pyridine rings is 1. The minimum atomic E-state index is 0.641. The summed E-state index contributed by atoms with van der Waals surface area (Å²) in [6.07, 6.45) is 5.09. The van der Waals surface area contributed by atoms with E-state index in [0.717, 1.165) is 30.5 Å². The molecular formula is C22H29N. The van der Waals surface area contributed by atoms with Crippen molar-refractivity contribution in [3.63, 3.8) is 0 Å². The summed E-state index contributed by atoms with van der Waals surface area (Å²) in [6.45, 7) is 15.0. The summed E-state index contributed by atoms with van der Waals surface area (Å²) in [5, 5.41) is 1.29. The molecule has 0 saturated heterocycles. The highest BCUT2D eigenvalue weighted by Crippen LogP contribution is 2.31. The van der Waals surface area contributed by atoms with Crippen molar-refractivity contribution in [3.05, 3.63) is 59.3 Å². The third kappa shape index (κ3) is 4.10. The predicted octanol–water partition coefficient (Wildman–Crippen LogP) is 6.50. The number of nitrogens with zero attached hydrogens (tertiary/aromatic N) is 1.